The number of carbonyl (C=O) groups excluding carboxylic acids is 1. The van der Waals surface area contributed by atoms with Gasteiger partial charge in [0, 0.05) is 41.7 Å². The van der Waals surface area contributed by atoms with Crippen molar-refractivity contribution >= 4 is 22.9 Å². The summed E-state index contributed by atoms with van der Waals surface area (Å²) in [4.78, 5) is 26.6. The first kappa shape index (κ1) is 20.3. The van der Waals surface area contributed by atoms with E-state index in [1.807, 2.05) is 6.07 Å². The number of rotatable bonds is 6. The minimum Gasteiger partial charge on any atom is -0.351 e. The first-order valence-electron chi connectivity index (χ1n) is 9.94. The molecule has 1 aromatic heterocycles. The molecule has 1 amide bonds. The Bertz CT molecular complexity index is 1030. The molecule has 7 heteroatoms. The fourth-order valence-electron chi connectivity index (χ4n) is 4.06. The molecule has 0 saturated carbocycles. The highest BCUT2D eigenvalue weighted by Crippen LogP contribution is 2.40. The molecular weight excluding hydrogens is 398 g/mol. The maximum absolute atomic E-state index is 12.5. The van der Waals surface area contributed by atoms with Crippen molar-refractivity contribution in [2.45, 2.75) is 25.4 Å². The number of fused-ring (bicyclic) bond motifs is 1. The molecular formula is C23H23N3O3S. The first-order chi connectivity index (χ1) is 14.5. The van der Waals surface area contributed by atoms with E-state index in [1.165, 1.54) is 40.3 Å². The highest BCUT2D eigenvalue weighted by molar-refractivity contribution is 7.10. The quantitative estimate of drug-likeness (QED) is 0.472. The molecule has 2 unspecified atom stereocenters. The van der Waals surface area contributed by atoms with Crippen molar-refractivity contribution in [3.05, 3.63) is 97.7 Å². The number of non-ortho nitro benzene ring substituents is 1. The second-order valence-electron chi connectivity index (χ2n) is 7.47. The van der Waals surface area contributed by atoms with Gasteiger partial charge < -0.3 is 5.32 Å². The van der Waals surface area contributed by atoms with Crippen LogP contribution < -0.4 is 5.32 Å². The topological polar surface area (TPSA) is 75.5 Å². The van der Waals surface area contributed by atoms with Crippen molar-refractivity contribution in [2.75, 3.05) is 13.1 Å². The summed E-state index contributed by atoms with van der Waals surface area (Å²) >= 11 is 1.79. The number of nitro benzene ring substituents is 1. The molecule has 0 fully saturated rings. The summed E-state index contributed by atoms with van der Waals surface area (Å²) in [6.45, 7) is 3.45. The Morgan fingerprint density at radius 1 is 1.17 bits per heavy atom. The predicted molar refractivity (Wildman–Crippen MR) is 118 cm³/mol. The van der Waals surface area contributed by atoms with E-state index >= 15 is 0 Å². The van der Waals surface area contributed by atoms with E-state index in [0.717, 1.165) is 13.0 Å². The van der Waals surface area contributed by atoms with Gasteiger partial charge in [-0.1, -0.05) is 30.3 Å². The van der Waals surface area contributed by atoms with Crippen molar-refractivity contribution in [3.8, 4) is 0 Å². The van der Waals surface area contributed by atoms with Gasteiger partial charge in [-0.3, -0.25) is 19.8 Å². The molecule has 0 aliphatic carbocycles. The Labute approximate surface area is 179 Å². The standard InChI is InChI=1S/C23H23N3O3S/c1-16-15-19-11-14-30-22(19)21(17-5-3-2-4-6-17)25(16)13-12-24-23(27)18-7-9-20(10-8-18)26(28)29/h2-11,14,16,21H,12-13,15H2,1H3,(H,24,27). The van der Waals surface area contributed by atoms with Gasteiger partial charge in [-0.2, -0.15) is 0 Å². The number of nitrogens with zero attached hydrogens (tertiary/aromatic N) is 2. The van der Waals surface area contributed by atoms with Crippen LogP contribution in [0.1, 0.15) is 39.3 Å². The van der Waals surface area contributed by atoms with Crippen LogP contribution in [-0.2, 0) is 6.42 Å². The lowest BCUT2D eigenvalue weighted by Gasteiger charge is -2.41. The third-order valence-electron chi connectivity index (χ3n) is 5.55. The molecule has 1 aliphatic heterocycles. The summed E-state index contributed by atoms with van der Waals surface area (Å²) < 4.78 is 0. The molecule has 1 aliphatic rings. The smallest absolute Gasteiger partial charge is 0.269 e. The van der Waals surface area contributed by atoms with Crippen LogP contribution in [0.15, 0.2) is 66.0 Å². The van der Waals surface area contributed by atoms with Crippen LogP contribution in [0, 0.1) is 10.1 Å². The number of hydrogen-bond acceptors (Lipinski definition) is 5. The first-order valence-corrected chi connectivity index (χ1v) is 10.8. The molecule has 154 valence electrons. The lowest BCUT2D eigenvalue weighted by atomic mass is 9.91. The van der Waals surface area contributed by atoms with Crippen molar-refractivity contribution in [2.24, 2.45) is 0 Å². The monoisotopic (exact) mass is 421 g/mol. The molecule has 0 bridgehead atoms. The lowest BCUT2D eigenvalue weighted by Crippen LogP contribution is -2.45. The Morgan fingerprint density at radius 3 is 2.60 bits per heavy atom. The maximum Gasteiger partial charge on any atom is 0.269 e. The molecule has 4 rings (SSSR count). The van der Waals surface area contributed by atoms with E-state index in [9.17, 15) is 14.9 Å². The number of nitro groups is 1. The average molecular weight is 422 g/mol. The van der Waals surface area contributed by atoms with Crippen LogP contribution in [-0.4, -0.2) is 34.9 Å². The van der Waals surface area contributed by atoms with Crippen molar-refractivity contribution < 1.29 is 9.72 Å². The number of thiophene rings is 1. The molecule has 2 aromatic carbocycles. The van der Waals surface area contributed by atoms with Crippen LogP contribution >= 0.6 is 11.3 Å². The molecule has 2 heterocycles. The van der Waals surface area contributed by atoms with Crippen molar-refractivity contribution in [1.29, 1.82) is 0 Å². The largest absolute Gasteiger partial charge is 0.351 e. The van der Waals surface area contributed by atoms with Crippen molar-refractivity contribution in [1.82, 2.24) is 10.2 Å². The minimum absolute atomic E-state index is 0.0221. The zero-order valence-corrected chi connectivity index (χ0v) is 17.5. The van der Waals surface area contributed by atoms with Gasteiger partial charge >= 0.3 is 0 Å². The summed E-state index contributed by atoms with van der Waals surface area (Å²) in [5.41, 5.74) is 3.07. The third-order valence-corrected chi connectivity index (χ3v) is 6.56. The fourth-order valence-corrected chi connectivity index (χ4v) is 5.14. The highest BCUT2D eigenvalue weighted by Gasteiger charge is 2.33. The summed E-state index contributed by atoms with van der Waals surface area (Å²) in [6, 6.07) is 18.9. The number of nitrogens with one attached hydrogen (secondary N) is 1. The molecule has 30 heavy (non-hydrogen) atoms. The van der Waals surface area contributed by atoms with E-state index in [4.69, 9.17) is 0 Å². The van der Waals surface area contributed by atoms with Gasteiger partial charge in [0.15, 0.2) is 0 Å². The van der Waals surface area contributed by atoms with E-state index in [0.29, 0.717) is 18.2 Å². The number of carbonyl (C=O) groups is 1. The molecule has 2 atom stereocenters. The van der Waals surface area contributed by atoms with Gasteiger partial charge in [0.2, 0.25) is 0 Å². The van der Waals surface area contributed by atoms with Gasteiger partial charge in [-0.15, -0.1) is 11.3 Å². The average Bonchev–Trinajstić information content (AvgIpc) is 3.22. The van der Waals surface area contributed by atoms with Gasteiger partial charge in [0.05, 0.1) is 11.0 Å². The Hall–Kier alpha value is -3.03. The SMILES string of the molecule is CC1Cc2ccsc2C(c2ccccc2)N1CCNC(=O)c1ccc([N+](=O)[O-])cc1. The molecule has 0 radical (unpaired) electrons. The van der Waals surface area contributed by atoms with E-state index in [2.05, 4.69) is 52.9 Å². The summed E-state index contributed by atoms with van der Waals surface area (Å²) in [6.07, 6.45) is 0.998. The van der Waals surface area contributed by atoms with Crippen molar-refractivity contribution in [3.63, 3.8) is 0 Å². The van der Waals surface area contributed by atoms with Gasteiger partial charge in [0.25, 0.3) is 11.6 Å². The van der Waals surface area contributed by atoms with Crippen LogP contribution in [0.2, 0.25) is 0 Å². The van der Waals surface area contributed by atoms with Gasteiger partial charge in [-0.25, -0.2) is 0 Å². The Morgan fingerprint density at radius 2 is 1.90 bits per heavy atom. The molecule has 0 saturated heterocycles. The highest BCUT2D eigenvalue weighted by atomic mass is 32.1. The minimum atomic E-state index is -0.470. The second-order valence-corrected chi connectivity index (χ2v) is 8.42. The van der Waals surface area contributed by atoms with Crippen LogP contribution in [0.25, 0.3) is 0 Å². The number of amides is 1. The Kier molecular flexibility index (Phi) is 5.92. The van der Waals surface area contributed by atoms with Crippen LogP contribution in [0.3, 0.4) is 0 Å². The van der Waals surface area contributed by atoms with Crippen LogP contribution in [0.5, 0.6) is 0 Å². The fraction of sp³-hybridized carbons (Fsp3) is 0.261. The molecule has 3 aromatic rings. The maximum atomic E-state index is 12.5. The zero-order chi connectivity index (χ0) is 21.1. The van der Waals surface area contributed by atoms with Gasteiger partial charge in [0.1, 0.15) is 0 Å². The lowest BCUT2D eigenvalue weighted by molar-refractivity contribution is -0.384. The number of benzene rings is 2. The van der Waals surface area contributed by atoms with Crippen LogP contribution in [0.4, 0.5) is 5.69 Å². The Balaban J connectivity index is 1.46. The van der Waals surface area contributed by atoms with E-state index in [1.54, 1.807) is 11.3 Å². The van der Waals surface area contributed by atoms with E-state index in [-0.39, 0.29) is 17.6 Å². The second kappa shape index (κ2) is 8.77. The third kappa shape index (κ3) is 4.13. The zero-order valence-electron chi connectivity index (χ0n) is 16.7. The summed E-state index contributed by atoms with van der Waals surface area (Å²) in [5, 5.41) is 15.9. The van der Waals surface area contributed by atoms with Gasteiger partial charge in [-0.05, 0) is 48.1 Å². The van der Waals surface area contributed by atoms with E-state index < -0.39 is 4.92 Å². The molecule has 6 nitrogen and oxygen atoms in total. The molecule has 1 N–H and O–H groups in total. The summed E-state index contributed by atoms with van der Waals surface area (Å²) in [5.74, 6) is -0.220. The molecule has 0 spiro atoms. The summed E-state index contributed by atoms with van der Waals surface area (Å²) in [7, 11) is 0. The number of hydrogen-bond donors (Lipinski definition) is 1. The predicted octanol–water partition coefficient (Wildman–Crippen LogP) is 4.42. The normalized spacial score (nSPS) is 18.6.